The van der Waals surface area contributed by atoms with E-state index < -0.39 is 11.9 Å². The molecule has 0 spiro atoms. The van der Waals surface area contributed by atoms with Crippen LogP contribution in [0.4, 0.5) is 10.5 Å². The summed E-state index contributed by atoms with van der Waals surface area (Å²) >= 11 is 30.4. The minimum Gasteiger partial charge on any atom is -0.493 e. The number of hydrogen-bond acceptors (Lipinski definition) is 6. The van der Waals surface area contributed by atoms with E-state index in [9.17, 15) is 9.59 Å². The van der Waals surface area contributed by atoms with Crippen molar-refractivity contribution in [3.63, 3.8) is 0 Å². The molecule has 0 atom stereocenters. The molecule has 1 aliphatic heterocycles. The number of halogens is 4. The van der Waals surface area contributed by atoms with Gasteiger partial charge in [0.2, 0.25) is 0 Å². The van der Waals surface area contributed by atoms with Gasteiger partial charge in [-0.15, -0.1) is 0 Å². The number of nitrogens with one attached hydrogen (secondary N) is 2. The van der Waals surface area contributed by atoms with E-state index in [1.165, 1.54) is 13.2 Å². The predicted molar refractivity (Wildman–Crippen MR) is 157 cm³/mol. The Bertz CT molecular complexity index is 1470. The molecule has 196 valence electrons. The van der Waals surface area contributed by atoms with Crippen LogP contribution in [0.3, 0.4) is 0 Å². The smallest absolute Gasteiger partial charge is 0.338 e. The zero-order chi connectivity index (χ0) is 27.4. The van der Waals surface area contributed by atoms with Gasteiger partial charge in [-0.1, -0.05) is 70.3 Å². The number of amides is 3. The molecule has 2 N–H and O–H groups in total. The Hall–Kier alpha value is -2.66. The third-order valence-corrected chi connectivity index (χ3v) is 7.70. The second-order valence-corrected chi connectivity index (χ2v) is 11.0. The summed E-state index contributed by atoms with van der Waals surface area (Å²) in [5.74, 6) is 0.461. The molecule has 4 rings (SSSR count). The molecule has 3 aromatic rings. The number of benzene rings is 3. The lowest BCUT2D eigenvalue weighted by Gasteiger charge is -2.16. The first-order chi connectivity index (χ1) is 18.1. The number of carbonyl (C=O) groups excluding carboxylic acids is 2. The molecule has 1 saturated heterocycles. The van der Waals surface area contributed by atoms with Gasteiger partial charge in [0.25, 0.3) is 5.91 Å². The van der Waals surface area contributed by atoms with Crippen molar-refractivity contribution < 1.29 is 19.1 Å². The summed E-state index contributed by atoms with van der Waals surface area (Å²) < 4.78 is 11.5. The SMILES string of the molecule is COc1cc(/C=C2/SC(=S)N(NC(=O)Nc3ccc(Cl)c(Cl)c3)C2=O)ccc1OCc1ccc(Cl)cc1Cl. The van der Waals surface area contributed by atoms with Gasteiger partial charge in [0, 0.05) is 21.3 Å². The van der Waals surface area contributed by atoms with Crippen molar-refractivity contribution in [1.82, 2.24) is 10.4 Å². The fourth-order valence-electron chi connectivity index (χ4n) is 3.24. The Kier molecular flexibility index (Phi) is 9.30. The highest BCUT2D eigenvalue weighted by Crippen LogP contribution is 2.35. The standard InChI is InChI=1S/C25H17Cl4N3O4S2/c1-35-21-8-13(2-7-20(21)36-12-14-3-4-15(26)10-18(14)28)9-22-23(33)32(25(37)38-22)31-24(34)30-16-5-6-17(27)19(29)11-16/h2-11H,12H2,1H3,(H2,30,31,34)/b22-9+. The molecule has 1 aliphatic rings. The van der Waals surface area contributed by atoms with Crippen LogP contribution in [0, 0.1) is 0 Å². The van der Waals surface area contributed by atoms with Crippen molar-refractivity contribution in [3.05, 3.63) is 90.7 Å². The molecule has 13 heteroatoms. The van der Waals surface area contributed by atoms with Crippen LogP contribution in [0.25, 0.3) is 6.08 Å². The van der Waals surface area contributed by atoms with Crippen molar-refractivity contribution in [1.29, 1.82) is 0 Å². The number of nitrogens with zero attached hydrogens (tertiary/aromatic N) is 1. The van der Waals surface area contributed by atoms with Gasteiger partial charge in [-0.05, 0) is 66.3 Å². The van der Waals surface area contributed by atoms with E-state index in [0.717, 1.165) is 22.3 Å². The zero-order valence-electron chi connectivity index (χ0n) is 19.4. The summed E-state index contributed by atoms with van der Waals surface area (Å²) in [6.45, 7) is 0.209. The first kappa shape index (κ1) is 28.4. The van der Waals surface area contributed by atoms with E-state index in [0.29, 0.717) is 42.7 Å². The van der Waals surface area contributed by atoms with Crippen molar-refractivity contribution in [2.75, 3.05) is 12.4 Å². The summed E-state index contributed by atoms with van der Waals surface area (Å²) in [6.07, 6.45) is 1.64. The van der Waals surface area contributed by atoms with Crippen molar-refractivity contribution >= 4 is 98.4 Å². The van der Waals surface area contributed by atoms with Crippen LogP contribution in [0.2, 0.25) is 20.1 Å². The molecular formula is C25H17Cl4N3O4S2. The second kappa shape index (κ2) is 12.5. The Morgan fingerprint density at radius 2 is 1.79 bits per heavy atom. The molecule has 0 aromatic heterocycles. The highest BCUT2D eigenvalue weighted by molar-refractivity contribution is 8.26. The number of anilines is 1. The Labute approximate surface area is 247 Å². The summed E-state index contributed by atoms with van der Waals surface area (Å²) in [4.78, 5) is 25.7. The number of ether oxygens (including phenoxy) is 2. The summed E-state index contributed by atoms with van der Waals surface area (Å²) in [6, 6.07) is 14.3. The lowest BCUT2D eigenvalue weighted by atomic mass is 10.2. The lowest BCUT2D eigenvalue weighted by Crippen LogP contribution is -2.46. The number of hydrazine groups is 1. The van der Waals surface area contributed by atoms with Gasteiger partial charge in [0.15, 0.2) is 15.8 Å². The van der Waals surface area contributed by atoms with Crippen LogP contribution >= 0.6 is 70.4 Å². The average Bonchev–Trinajstić information content (AvgIpc) is 3.13. The number of urea groups is 1. The molecule has 7 nitrogen and oxygen atoms in total. The Morgan fingerprint density at radius 3 is 2.50 bits per heavy atom. The Balaban J connectivity index is 1.43. The van der Waals surface area contributed by atoms with Crippen molar-refractivity contribution in [3.8, 4) is 11.5 Å². The van der Waals surface area contributed by atoms with Crippen molar-refractivity contribution in [2.24, 2.45) is 0 Å². The van der Waals surface area contributed by atoms with E-state index in [1.54, 1.807) is 54.6 Å². The summed E-state index contributed by atoms with van der Waals surface area (Å²) in [5.41, 5.74) is 4.27. The first-order valence-corrected chi connectivity index (χ1v) is 13.4. The van der Waals surface area contributed by atoms with E-state index in [2.05, 4.69) is 10.7 Å². The van der Waals surface area contributed by atoms with Gasteiger partial charge >= 0.3 is 6.03 Å². The minimum atomic E-state index is -0.676. The normalized spacial score (nSPS) is 14.1. The third kappa shape index (κ3) is 6.85. The highest BCUT2D eigenvalue weighted by atomic mass is 35.5. The predicted octanol–water partition coefficient (Wildman–Crippen LogP) is 7.83. The van der Waals surface area contributed by atoms with E-state index >= 15 is 0 Å². The van der Waals surface area contributed by atoms with Crippen molar-refractivity contribution in [2.45, 2.75) is 6.61 Å². The maximum atomic E-state index is 12.9. The number of rotatable bonds is 7. The number of thioether (sulfide) groups is 1. The molecule has 1 heterocycles. The quantitative estimate of drug-likeness (QED) is 0.205. The number of thiocarbonyl (C=S) groups is 1. The van der Waals surface area contributed by atoms with Crippen LogP contribution in [-0.2, 0) is 11.4 Å². The number of hydrogen-bond donors (Lipinski definition) is 2. The monoisotopic (exact) mass is 627 g/mol. The van der Waals surface area contributed by atoms with Gasteiger partial charge in [0.05, 0.1) is 22.1 Å². The number of carbonyl (C=O) groups is 2. The fraction of sp³-hybridized carbons (Fsp3) is 0.0800. The minimum absolute atomic E-state index is 0.164. The largest absolute Gasteiger partial charge is 0.493 e. The maximum absolute atomic E-state index is 12.9. The van der Waals surface area contributed by atoms with Crippen LogP contribution < -0.4 is 20.2 Å². The van der Waals surface area contributed by atoms with Crippen LogP contribution in [0.5, 0.6) is 11.5 Å². The zero-order valence-corrected chi connectivity index (χ0v) is 24.0. The van der Waals surface area contributed by atoms with E-state index in [4.69, 9.17) is 68.1 Å². The fourth-order valence-corrected chi connectivity index (χ4v) is 5.18. The summed E-state index contributed by atoms with van der Waals surface area (Å²) in [7, 11) is 1.51. The lowest BCUT2D eigenvalue weighted by molar-refractivity contribution is -0.123. The van der Waals surface area contributed by atoms with Gasteiger partial charge < -0.3 is 14.8 Å². The second-order valence-electron chi connectivity index (χ2n) is 7.65. The molecule has 0 bridgehead atoms. The maximum Gasteiger partial charge on any atom is 0.338 e. The molecule has 3 amide bonds. The Morgan fingerprint density at radius 1 is 1.00 bits per heavy atom. The first-order valence-electron chi connectivity index (χ1n) is 10.7. The molecule has 3 aromatic carbocycles. The molecule has 1 fully saturated rings. The van der Waals surface area contributed by atoms with Gasteiger partial charge in [0.1, 0.15) is 6.61 Å². The molecule has 0 aliphatic carbocycles. The van der Waals surface area contributed by atoms with Gasteiger partial charge in [-0.2, -0.15) is 5.01 Å². The van der Waals surface area contributed by atoms with Gasteiger partial charge in [-0.25, -0.2) is 10.2 Å². The average molecular weight is 629 g/mol. The molecule has 38 heavy (non-hydrogen) atoms. The van der Waals surface area contributed by atoms with Crippen LogP contribution in [0.1, 0.15) is 11.1 Å². The molecule has 0 saturated carbocycles. The van der Waals surface area contributed by atoms with E-state index in [1.807, 2.05) is 0 Å². The number of methoxy groups -OCH3 is 1. The van der Waals surface area contributed by atoms with Crippen LogP contribution in [0.15, 0.2) is 59.5 Å². The van der Waals surface area contributed by atoms with E-state index in [-0.39, 0.29) is 16.0 Å². The molecule has 0 unspecified atom stereocenters. The molecule has 0 radical (unpaired) electrons. The van der Waals surface area contributed by atoms with Crippen LogP contribution in [-0.4, -0.2) is 28.4 Å². The topological polar surface area (TPSA) is 79.9 Å². The molecular weight excluding hydrogens is 612 g/mol. The van der Waals surface area contributed by atoms with Gasteiger partial charge in [-0.3, -0.25) is 4.79 Å². The third-order valence-electron chi connectivity index (χ3n) is 5.07. The highest BCUT2D eigenvalue weighted by Gasteiger charge is 2.33. The summed E-state index contributed by atoms with van der Waals surface area (Å²) in [5, 5.41) is 5.22.